The Labute approximate surface area is 96.7 Å². The molecule has 0 aliphatic heterocycles. The van der Waals surface area contributed by atoms with E-state index in [-0.39, 0.29) is 23.7 Å². The molecule has 2 atom stereocenters. The minimum absolute atomic E-state index is 0.00181. The van der Waals surface area contributed by atoms with Gasteiger partial charge in [0.15, 0.2) is 0 Å². The van der Waals surface area contributed by atoms with Gasteiger partial charge < -0.3 is 10.1 Å². The van der Waals surface area contributed by atoms with Crippen LogP contribution in [0, 0.1) is 11.8 Å². The van der Waals surface area contributed by atoms with E-state index in [1.807, 2.05) is 13.8 Å². The predicted molar refractivity (Wildman–Crippen MR) is 60.7 cm³/mol. The minimum Gasteiger partial charge on any atom is -0.467 e. The van der Waals surface area contributed by atoms with Crippen LogP contribution in [0.1, 0.15) is 39.5 Å². The van der Waals surface area contributed by atoms with Crippen molar-refractivity contribution in [3.05, 3.63) is 0 Å². The van der Waals surface area contributed by atoms with Crippen molar-refractivity contribution in [2.45, 2.75) is 45.6 Å². The molecule has 16 heavy (non-hydrogen) atoms. The summed E-state index contributed by atoms with van der Waals surface area (Å²) in [4.78, 5) is 23.3. The maximum Gasteiger partial charge on any atom is 0.328 e. The van der Waals surface area contributed by atoms with E-state index in [4.69, 9.17) is 4.74 Å². The lowest BCUT2D eigenvalue weighted by molar-refractivity contribution is -0.147. The lowest BCUT2D eigenvalue weighted by Crippen LogP contribution is -2.48. The standard InChI is InChI=1S/C12H21NO3/c1-4-8(2)10(12(15)16-3)13-11(14)9-6-5-7-9/h8-10H,4-7H2,1-3H3,(H,13,14)/t8-,10+/m1/s1. The van der Waals surface area contributed by atoms with Crippen LogP contribution in [-0.2, 0) is 14.3 Å². The zero-order valence-corrected chi connectivity index (χ0v) is 10.3. The third-order valence-corrected chi connectivity index (χ3v) is 3.44. The SMILES string of the molecule is CC[C@@H](C)[C@H](NC(=O)C1CCC1)C(=O)OC. The monoisotopic (exact) mass is 227 g/mol. The van der Waals surface area contributed by atoms with Gasteiger partial charge in [-0.3, -0.25) is 4.79 Å². The van der Waals surface area contributed by atoms with E-state index in [2.05, 4.69) is 5.32 Å². The summed E-state index contributed by atoms with van der Waals surface area (Å²) in [5, 5.41) is 2.81. The van der Waals surface area contributed by atoms with Crippen molar-refractivity contribution in [3.63, 3.8) is 0 Å². The van der Waals surface area contributed by atoms with Crippen molar-refractivity contribution in [1.82, 2.24) is 5.32 Å². The van der Waals surface area contributed by atoms with Crippen LogP contribution in [0.15, 0.2) is 0 Å². The van der Waals surface area contributed by atoms with Gasteiger partial charge in [-0.1, -0.05) is 26.7 Å². The molecule has 1 fully saturated rings. The molecule has 0 bridgehead atoms. The molecule has 0 saturated heterocycles. The number of carbonyl (C=O) groups excluding carboxylic acids is 2. The van der Waals surface area contributed by atoms with Crippen molar-refractivity contribution >= 4 is 11.9 Å². The number of esters is 1. The number of carbonyl (C=O) groups is 2. The van der Waals surface area contributed by atoms with E-state index in [0.717, 1.165) is 25.7 Å². The Hall–Kier alpha value is -1.06. The van der Waals surface area contributed by atoms with Crippen molar-refractivity contribution in [1.29, 1.82) is 0 Å². The Bertz CT molecular complexity index is 261. The first kappa shape index (κ1) is 13.0. The zero-order valence-electron chi connectivity index (χ0n) is 10.3. The highest BCUT2D eigenvalue weighted by atomic mass is 16.5. The van der Waals surface area contributed by atoms with E-state index < -0.39 is 6.04 Å². The molecular weight excluding hydrogens is 206 g/mol. The van der Waals surface area contributed by atoms with Gasteiger partial charge in [0, 0.05) is 5.92 Å². The third kappa shape index (κ3) is 2.97. The second-order valence-electron chi connectivity index (χ2n) is 4.52. The van der Waals surface area contributed by atoms with E-state index in [9.17, 15) is 9.59 Å². The quantitative estimate of drug-likeness (QED) is 0.724. The maximum atomic E-state index is 11.8. The van der Waals surface area contributed by atoms with E-state index >= 15 is 0 Å². The largest absolute Gasteiger partial charge is 0.467 e. The van der Waals surface area contributed by atoms with Gasteiger partial charge in [0.25, 0.3) is 0 Å². The van der Waals surface area contributed by atoms with E-state index in [1.165, 1.54) is 7.11 Å². The van der Waals surface area contributed by atoms with Crippen molar-refractivity contribution in [2.75, 3.05) is 7.11 Å². The highest BCUT2D eigenvalue weighted by Crippen LogP contribution is 2.26. The number of methoxy groups -OCH3 is 1. The summed E-state index contributed by atoms with van der Waals surface area (Å²) in [6.45, 7) is 3.94. The summed E-state index contributed by atoms with van der Waals surface area (Å²) in [6, 6.07) is -0.497. The van der Waals surface area contributed by atoms with E-state index in [0.29, 0.717) is 0 Å². The van der Waals surface area contributed by atoms with Gasteiger partial charge >= 0.3 is 5.97 Å². The molecule has 0 aromatic heterocycles. The highest BCUT2D eigenvalue weighted by Gasteiger charge is 2.31. The fraction of sp³-hybridized carbons (Fsp3) is 0.833. The first-order chi connectivity index (χ1) is 7.60. The van der Waals surface area contributed by atoms with Crippen LogP contribution in [0.4, 0.5) is 0 Å². The van der Waals surface area contributed by atoms with Crippen LogP contribution in [0.2, 0.25) is 0 Å². The van der Waals surface area contributed by atoms with Crippen molar-refractivity contribution in [2.24, 2.45) is 11.8 Å². The molecule has 4 heteroatoms. The fourth-order valence-electron chi connectivity index (χ4n) is 1.74. The Balaban J connectivity index is 2.54. The molecule has 0 aromatic carbocycles. The molecule has 1 N–H and O–H groups in total. The molecule has 0 radical (unpaired) electrons. The number of hydrogen-bond donors (Lipinski definition) is 1. The number of nitrogens with one attached hydrogen (secondary N) is 1. The molecule has 92 valence electrons. The molecule has 1 amide bonds. The zero-order chi connectivity index (χ0) is 12.1. The number of rotatable bonds is 5. The average Bonchev–Trinajstić information content (AvgIpc) is 2.21. The normalized spacial score (nSPS) is 19.4. The highest BCUT2D eigenvalue weighted by molar-refractivity contribution is 5.86. The molecule has 1 aliphatic rings. The number of amides is 1. The average molecular weight is 227 g/mol. The lowest BCUT2D eigenvalue weighted by Gasteiger charge is -2.28. The maximum absolute atomic E-state index is 11.8. The third-order valence-electron chi connectivity index (χ3n) is 3.44. The van der Waals surface area contributed by atoms with E-state index in [1.54, 1.807) is 0 Å². The Morgan fingerprint density at radius 2 is 2.06 bits per heavy atom. The number of hydrogen-bond acceptors (Lipinski definition) is 3. The molecule has 0 spiro atoms. The molecule has 1 saturated carbocycles. The summed E-state index contributed by atoms with van der Waals surface area (Å²) in [5.41, 5.74) is 0. The van der Waals surface area contributed by atoms with Crippen molar-refractivity contribution in [3.8, 4) is 0 Å². The predicted octanol–water partition coefficient (Wildman–Crippen LogP) is 1.49. The smallest absolute Gasteiger partial charge is 0.328 e. The minimum atomic E-state index is -0.497. The van der Waals surface area contributed by atoms with Crippen LogP contribution in [0.5, 0.6) is 0 Å². The van der Waals surface area contributed by atoms with Gasteiger partial charge in [-0.15, -0.1) is 0 Å². The van der Waals surface area contributed by atoms with Crippen LogP contribution < -0.4 is 5.32 Å². The summed E-state index contributed by atoms with van der Waals surface area (Å²) in [6.07, 6.45) is 3.84. The van der Waals surface area contributed by atoms with Gasteiger partial charge in [0.1, 0.15) is 6.04 Å². The topological polar surface area (TPSA) is 55.4 Å². The lowest BCUT2D eigenvalue weighted by atomic mass is 9.84. The van der Waals surface area contributed by atoms with Crippen LogP contribution >= 0.6 is 0 Å². The molecule has 1 rings (SSSR count). The molecule has 0 aromatic rings. The number of ether oxygens (including phenoxy) is 1. The first-order valence-corrected chi connectivity index (χ1v) is 5.98. The summed E-state index contributed by atoms with van der Waals surface area (Å²) < 4.78 is 4.71. The summed E-state index contributed by atoms with van der Waals surface area (Å²) in [7, 11) is 1.35. The summed E-state index contributed by atoms with van der Waals surface area (Å²) >= 11 is 0. The van der Waals surface area contributed by atoms with Crippen LogP contribution in [0.3, 0.4) is 0 Å². The molecular formula is C12H21NO3. The first-order valence-electron chi connectivity index (χ1n) is 5.98. The fourth-order valence-corrected chi connectivity index (χ4v) is 1.74. The van der Waals surface area contributed by atoms with Gasteiger partial charge in [-0.2, -0.15) is 0 Å². The van der Waals surface area contributed by atoms with Gasteiger partial charge in [-0.05, 0) is 18.8 Å². The van der Waals surface area contributed by atoms with Crippen molar-refractivity contribution < 1.29 is 14.3 Å². The Morgan fingerprint density at radius 3 is 2.44 bits per heavy atom. The summed E-state index contributed by atoms with van der Waals surface area (Å²) in [5.74, 6) is -0.128. The van der Waals surface area contributed by atoms with Gasteiger partial charge in [-0.25, -0.2) is 4.79 Å². The Morgan fingerprint density at radius 1 is 1.44 bits per heavy atom. The molecule has 0 heterocycles. The Kier molecular flexibility index (Phi) is 4.77. The molecule has 1 aliphatic carbocycles. The van der Waals surface area contributed by atoms with Crippen LogP contribution in [0.25, 0.3) is 0 Å². The van der Waals surface area contributed by atoms with Crippen LogP contribution in [-0.4, -0.2) is 25.0 Å². The van der Waals surface area contributed by atoms with Gasteiger partial charge in [0.05, 0.1) is 7.11 Å². The second kappa shape index (κ2) is 5.87. The van der Waals surface area contributed by atoms with Gasteiger partial charge in [0.2, 0.25) is 5.91 Å². The second-order valence-corrected chi connectivity index (χ2v) is 4.52. The molecule has 4 nitrogen and oxygen atoms in total. The molecule has 0 unspecified atom stereocenters.